The van der Waals surface area contributed by atoms with E-state index in [1.807, 2.05) is 36.0 Å². The summed E-state index contributed by atoms with van der Waals surface area (Å²) in [6.45, 7) is 0. The van der Waals surface area contributed by atoms with Crippen LogP contribution in [0.4, 0.5) is 0 Å². The van der Waals surface area contributed by atoms with Crippen LogP contribution in [0.15, 0.2) is 30.5 Å². The van der Waals surface area contributed by atoms with E-state index in [-0.39, 0.29) is 6.42 Å². The summed E-state index contributed by atoms with van der Waals surface area (Å²) in [4.78, 5) is 21.5. The Morgan fingerprint density at radius 2 is 2.06 bits per heavy atom. The van der Waals surface area contributed by atoms with E-state index in [0.29, 0.717) is 0 Å². The molecular weight excluding hydrogens is 206 g/mol. The fraction of sp³-hybridized carbons (Fsp3) is 0.167. The van der Waals surface area contributed by atoms with Crippen LogP contribution < -0.4 is 0 Å². The van der Waals surface area contributed by atoms with Gasteiger partial charge in [-0.15, -0.1) is 0 Å². The molecule has 0 aliphatic heterocycles. The number of carbonyl (C=O) groups is 2. The summed E-state index contributed by atoms with van der Waals surface area (Å²) >= 11 is 0. The molecule has 0 fully saturated rings. The number of benzene rings is 1. The molecule has 4 nitrogen and oxygen atoms in total. The molecule has 16 heavy (non-hydrogen) atoms. The number of carboxylic acid groups (broad SMARTS) is 1. The van der Waals surface area contributed by atoms with Crippen LogP contribution in [0.25, 0.3) is 10.9 Å². The first-order valence-electron chi connectivity index (χ1n) is 4.88. The van der Waals surface area contributed by atoms with Gasteiger partial charge in [0.1, 0.15) is 0 Å². The van der Waals surface area contributed by atoms with Crippen molar-refractivity contribution in [3.05, 3.63) is 36.0 Å². The molecule has 82 valence electrons. The fourth-order valence-electron chi connectivity index (χ4n) is 1.70. The maximum atomic E-state index is 11.0. The van der Waals surface area contributed by atoms with Crippen molar-refractivity contribution in [2.45, 2.75) is 6.42 Å². The molecule has 0 aliphatic carbocycles. The first-order valence-corrected chi connectivity index (χ1v) is 4.88. The standard InChI is InChI=1S/C12H11NO3/c1-13-5-4-9-6-8(2-3-10(9)13)7-11(14)12(15)16/h2-6H,7H2,1H3,(H,15,16). The van der Waals surface area contributed by atoms with Crippen molar-refractivity contribution in [1.82, 2.24) is 4.57 Å². The van der Waals surface area contributed by atoms with Crippen molar-refractivity contribution in [3.8, 4) is 0 Å². The second kappa shape index (κ2) is 3.81. The number of fused-ring (bicyclic) bond motifs is 1. The van der Waals surface area contributed by atoms with E-state index < -0.39 is 11.8 Å². The van der Waals surface area contributed by atoms with Gasteiger partial charge in [0.15, 0.2) is 0 Å². The highest BCUT2D eigenvalue weighted by Crippen LogP contribution is 2.17. The highest BCUT2D eigenvalue weighted by atomic mass is 16.4. The van der Waals surface area contributed by atoms with Crippen molar-refractivity contribution < 1.29 is 14.7 Å². The van der Waals surface area contributed by atoms with Gasteiger partial charge < -0.3 is 9.67 Å². The summed E-state index contributed by atoms with van der Waals surface area (Å²) in [6, 6.07) is 7.45. The van der Waals surface area contributed by atoms with E-state index in [1.165, 1.54) is 0 Å². The maximum absolute atomic E-state index is 11.0. The van der Waals surface area contributed by atoms with Gasteiger partial charge in [0.25, 0.3) is 0 Å². The Labute approximate surface area is 92.1 Å². The van der Waals surface area contributed by atoms with Gasteiger partial charge in [-0.1, -0.05) is 6.07 Å². The minimum Gasteiger partial charge on any atom is -0.475 e. The molecule has 1 aromatic carbocycles. The monoisotopic (exact) mass is 217 g/mol. The molecular formula is C12H11NO3. The topological polar surface area (TPSA) is 59.3 Å². The summed E-state index contributed by atoms with van der Waals surface area (Å²) < 4.78 is 1.97. The summed E-state index contributed by atoms with van der Waals surface area (Å²) in [7, 11) is 1.93. The Balaban J connectivity index is 2.33. The molecule has 0 aliphatic rings. The van der Waals surface area contributed by atoms with E-state index in [2.05, 4.69) is 0 Å². The molecule has 1 aromatic heterocycles. The number of rotatable bonds is 3. The third-order valence-electron chi connectivity index (χ3n) is 2.55. The molecule has 0 unspecified atom stereocenters. The molecule has 0 bridgehead atoms. The lowest BCUT2D eigenvalue weighted by atomic mass is 10.1. The summed E-state index contributed by atoms with van der Waals surface area (Å²) in [5.41, 5.74) is 1.79. The number of hydrogen-bond acceptors (Lipinski definition) is 2. The highest BCUT2D eigenvalue weighted by molar-refractivity contribution is 6.33. The zero-order chi connectivity index (χ0) is 11.7. The van der Waals surface area contributed by atoms with Gasteiger partial charge in [-0.25, -0.2) is 4.79 Å². The van der Waals surface area contributed by atoms with E-state index in [0.717, 1.165) is 16.5 Å². The zero-order valence-electron chi connectivity index (χ0n) is 8.80. The second-order valence-corrected chi connectivity index (χ2v) is 3.72. The number of Topliss-reactive ketones (excluding diaryl/α,β-unsaturated/α-hetero) is 1. The molecule has 0 saturated heterocycles. The van der Waals surface area contributed by atoms with Crippen LogP contribution in [0.3, 0.4) is 0 Å². The number of aryl methyl sites for hydroxylation is 1. The van der Waals surface area contributed by atoms with E-state index >= 15 is 0 Å². The van der Waals surface area contributed by atoms with E-state index in [9.17, 15) is 9.59 Å². The molecule has 0 saturated carbocycles. The van der Waals surface area contributed by atoms with Crippen molar-refractivity contribution >= 4 is 22.7 Å². The molecule has 2 rings (SSSR count). The highest BCUT2D eigenvalue weighted by Gasteiger charge is 2.12. The number of nitrogens with zero attached hydrogens (tertiary/aromatic N) is 1. The number of carboxylic acids is 1. The molecule has 0 atom stereocenters. The zero-order valence-corrected chi connectivity index (χ0v) is 8.80. The van der Waals surface area contributed by atoms with E-state index in [1.54, 1.807) is 6.07 Å². The Hall–Kier alpha value is -2.10. The van der Waals surface area contributed by atoms with E-state index in [4.69, 9.17) is 5.11 Å². The third kappa shape index (κ3) is 1.82. The normalized spacial score (nSPS) is 10.6. The summed E-state index contributed by atoms with van der Waals surface area (Å²) in [6.07, 6.45) is 1.87. The number of ketones is 1. The Kier molecular flexibility index (Phi) is 2.48. The van der Waals surface area contributed by atoms with Crippen LogP contribution in [-0.2, 0) is 23.1 Å². The molecule has 4 heteroatoms. The largest absolute Gasteiger partial charge is 0.475 e. The van der Waals surface area contributed by atoms with Gasteiger partial charge in [-0.2, -0.15) is 0 Å². The molecule has 0 spiro atoms. The quantitative estimate of drug-likeness (QED) is 0.790. The molecule has 1 N–H and O–H groups in total. The summed E-state index contributed by atoms with van der Waals surface area (Å²) in [5.74, 6) is -2.16. The average molecular weight is 217 g/mol. The predicted octanol–water partition coefficient (Wildman–Crippen LogP) is 1.37. The van der Waals surface area contributed by atoms with Crippen LogP contribution in [0, 0.1) is 0 Å². The molecule has 0 amide bonds. The summed E-state index contributed by atoms with van der Waals surface area (Å²) in [5, 5.41) is 9.52. The van der Waals surface area contributed by atoms with Crippen molar-refractivity contribution in [1.29, 1.82) is 0 Å². The Morgan fingerprint density at radius 3 is 2.75 bits per heavy atom. The number of hydrogen-bond donors (Lipinski definition) is 1. The lowest BCUT2D eigenvalue weighted by Gasteiger charge is -2.00. The van der Waals surface area contributed by atoms with Gasteiger partial charge >= 0.3 is 5.97 Å². The number of aliphatic carboxylic acids is 1. The van der Waals surface area contributed by atoms with Gasteiger partial charge in [0.2, 0.25) is 5.78 Å². The average Bonchev–Trinajstić information content (AvgIpc) is 2.60. The van der Waals surface area contributed by atoms with Gasteiger partial charge in [0, 0.05) is 25.2 Å². The second-order valence-electron chi connectivity index (χ2n) is 3.72. The lowest BCUT2D eigenvalue weighted by molar-refractivity contribution is -0.148. The van der Waals surface area contributed by atoms with Gasteiger partial charge in [0.05, 0.1) is 0 Å². The van der Waals surface area contributed by atoms with Crippen LogP contribution in [0.2, 0.25) is 0 Å². The SMILES string of the molecule is Cn1ccc2cc(CC(=O)C(=O)O)ccc21. The van der Waals surface area contributed by atoms with Crippen LogP contribution >= 0.6 is 0 Å². The minimum atomic E-state index is -1.38. The fourth-order valence-corrected chi connectivity index (χ4v) is 1.70. The smallest absolute Gasteiger partial charge is 0.372 e. The van der Waals surface area contributed by atoms with Crippen molar-refractivity contribution in [2.24, 2.45) is 7.05 Å². The van der Waals surface area contributed by atoms with Crippen LogP contribution in [0.1, 0.15) is 5.56 Å². The Morgan fingerprint density at radius 1 is 1.31 bits per heavy atom. The predicted molar refractivity (Wildman–Crippen MR) is 59.3 cm³/mol. The molecule has 1 heterocycles. The van der Waals surface area contributed by atoms with Crippen LogP contribution in [0.5, 0.6) is 0 Å². The first-order chi connectivity index (χ1) is 7.58. The third-order valence-corrected chi connectivity index (χ3v) is 2.55. The van der Waals surface area contributed by atoms with Crippen molar-refractivity contribution in [2.75, 3.05) is 0 Å². The van der Waals surface area contributed by atoms with Gasteiger partial charge in [-0.3, -0.25) is 4.79 Å². The minimum absolute atomic E-state index is 0.0554. The van der Waals surface area contributed by atoms with Gasteiger partial charge in [-0.05, 0) is 29.1 Å². The first kappa shape index (κ1) is 10.4. The maximum Gasteiger partial charge on any atom is 0.372 e. The number of aromatic nitrogens is 1. The molecule has 2 aromatic rings. The van der Waals surface area contributed by atoms with Crippen LogP contribution in [-0.4, -0.2) is 21.4 Å². The lowest BCUT2D eigenvalue weighted by Crippen LogP contribution is -2.14. The molecule has 0 radical (unpaired) electrons. The number of carbonyl (C=O) groups excluding carboxylic acids is 1. The van der Waals surface area contributed by atoms with Crippen molar-refractivity contribution in [3.63, 3.8) is 0 Å². The Bertz CT molecular complexity index is 569.